The van der Waals surface area contributed by atoms with E-state index in [9.17, 15) is 8.42 Å². The molecular formula is C13H23N3O3S. The zero-order valence-electron chi connectivity index (χ0n) is 12.0. The summed E-state index contributed by atoms with van der Waals surface area (Å²) >= 11 is 0. The molecule has 0 aromatic carbocycles. The van der Waals surface area contributed by atoms with Crippen molar-refractivity contribution in [3.63, 3.8) is 0 Å². The van der Waals surface area contributed by atoms with Gasteiger partial charge in [-0.15, -0.1) is 0 Å². The molecule has 1 aliphatic rings. The van der Waals surface area contributed by atoms with Crippen molar-refractivity contribution in [3.05, 3.63) is 12.0 Å². The largest absolute Gasteiger partial charge is 0.396 e. The highest BCUT2D eigenvalue weighted by molar-refractivity contribution is 7.89. The molecule has 2 N–H and O–H groups in total. The van der Waals surface area contributed by atoms with Crippen LogP contribution in [-0.2, 0) is 16.6 Å². The number of hydrogen-bond donors (Lipinski definition) is 2. The number of aromatic nitrogens is 2. The van der Waals surface area contributed by atoms with Gasteiger partial charge < -0.3 is 9.67 Å². The molecule has 6 nitrogen and oxygen atoms in total. The first-order valence-corrected chi connectivity index (χ1v) is 8.63. The molecule has 0 spiro atoms. The van der Waals surface area contributed by atoms with E-state index in [0.29, 0.717) is 18.8 Å². The third-order valence-corrected chi connectivity index (χ3v) is 5.40. The van der Waals surface area contributed by atoms with Crippen molar-refractivity contribution in [2.24, 2.45) is 5.92 Å². The SMILES string of the molecule is CCn1cc(S(=O)(=O)NC2CCCC2CCO)nc1C. The van der Waals surface area contributed by atoms with Crippen LogP contribution in [0, 0.1) is 12.8 Å². The molecule has 20 heavy (non-hydrogen) atoms. The van der Waals surface area contributed by atoms with E-state index in [2.05, 4.69) is 9.71 Å². The quantitative estimate of drug-likeness (QED) is 0.822. The minimum atomic E-state index is -3.57. The lowest BCUT2D eigenvalue weighted by Gasteiger charge is -2.19. The fraction of sp³-hybridized carbons (Fsp3) is 0.769. The monoisotopic (exact) mass is 301 g/mol. The summed E-state index contributed by atoms with van der Waals surface area (Å²) in [5.41, 5.74) is 0. The smallest absolute Gasteiger partial charge is 0.259 e. The topological polar surface area (TPSA) is 84.2 Å². The molecule has 1 aromatic heterocycles. The summed E-state index contributed by atoms with van der Waals surface area (Å²) in [4.78, 5) is 4.13. The minimum absolute atomic E-state index is 0.0840. The number of aliphatic hydroxyl groups excluding tert-OH is 1. The predicted octanol–water partition coefficient (Wildman–Crippen LogP) is 1.04. The van der Waals surface area contributed by atoms with Crippen molar-refractivity contribution in [1.29, 1.82) is 0 Å². The van der Waals surface area contributed by atoms with Crippen LogP contribution in [0.2, 0.25) is 0 Å². The molecule has 114 valence electrons. The van der Waals surface area contributed by atoms with Gasteiger partial charge in [-0.2, -0.15) is 0 Å². The van der Waals surface area contributed by atoms with Gasteiger partial charge in [0.25, 0.3) is 10.0 Å². The Hall–Kier alpha value is -0.920. The molecule has 7 heteroatoms. The lowest BCUT2D eigenvalue weighted by atomic mass is 10.0. The van der Waals surface area contributed by atoms with Crippen LogP contribution in [0.25, 0.3) is 0 Å². The van der Waals surface area contributed by atoms with Gasteiger partial charge in [-0.1, -0.05) is 6.42 Å². The third-order valence-electron chi connectivity index (χ3n) is 4.04. The van der Waals surface area contributed by atoms with Gasteiger partial charge in [0.2, 0.25) is 0 Å². The summed E-state index contributed by atoms with van der Waals surface area (Å²) in [6.45, 7) is 4.55. The molecule has 1 fully saturated rings. The summed E-state index contributed by atoms with van der Waals surface area (Å²) in [5.74, 6) is 0.926. The van der Waals surface area contributed by atoms with E-state index >= 15 is 0 Å². The lowest BCUT2D eigenvalue weighted by Crippen LogP contribution is -2.37. The number of imidazole rings is 1. The second kappa shape index (κ2) is 6.24. The summed E-state index contributed by atoms with van der Waals surface area (Å²) in [5, 5.41) is 9.13. The van der Waals surface area contributed by atoms with Crippen LogP contribution >= 0.6 is 0 Å². The molecule has 1 heterocycles. The first-order chi connectivity index (χ1) is 9.47. The number of nitrogens with zero attached hydrogens (tertiary/aromatic N) is 2. The Morgan fingerprint density at radius 1 is 1.50 bits per heavy atom. The standard InChI is InChI=1S/C13H23N3O3S/c1-3-16-9-13(14-10(16)2)20(18,19)15-12-6-4-5-11(12)7-8-17/h9,11-12,15,17H,3-8H2,1-2H3. The maximum absolute atomic E-state index is 12.4. The fourth-order valence-electron chi connectivity index (χ4n) is 2.89. The van der Waals surface area contributed by atoms with E-state index in [-0.39, 0.29) is 23.6 Å². The van der Waals surface area contributed by atoms with Gasteiger partial charge in [-0.25, -0.2) is 18.1 Å². The highest BCUT2D eigenvalue weighted by Gasteiger charge is 2.31. The molecule has 0 radical (unpaired) electrons. The molecule has 2 unspecified atom stereocenters. The van der Waals surface area contributed by atoms with Crippen molar-refractivity contribution in [1.82, 2.24) is 14.3 Å². The van der Waals surface area contributed by atoms with Crippen LogP contribution in [0.15, 0.2) is 11.2 Å². The van der Waals surface area contributed by atoms with Gasteiger partial charge in [0.1, 0.15) is 5.82 Å². The zero-order valence-corrected chi connectivity index (χ0v) is 12.9. The number of nitrogens with one attached hydrogen (secondary N) is 1. The second-order valence-corrected chi connectivity index (χ2v) is 7.00. The van der Waals surface area contributed by atoms with E-state index in [4.69, 9.17) is 5.11 Å². The molecular weight excluding hydrogens is 278 g/mol. The van der Waals surface area contributed by atoms with Crippen LogP contribution in [0.1, 0.15) is 38.4 Å². The van der Waals surface area contributed by atoms with Crippen LogP contribution in [-0.4, -0.2) is 35.7 Å². The summed E-state index contributed by atoms with van der Waals surface area (Å²) in [7, 11) is -3.57. The van der Waals surface area contributed by atoms with E-state index < -0.39 is 10.0 Å². The van der Waals surface area contributed by atoms with Gasteiger partial charge in [-0.3, -0.25) is 0 Å². The number of aryl methyl sites for hydroxylation is 2. The van der Waals surface area contributed by atoms with E-state index in [1.54, 1.807) is 13.1 Å². The third kappa shape index (κ3) is 3.21. The number of sulfonamides is 1. The van der Waals surface area contributed by atoms with Gasteiger partial charge in [0.15, 0.2) is 5.03 Å². The molecule has 0 aliphatic heterocycles. The number of rotatable bonds is 6. The van der Waals surface area contributed by atoms with E-state index in [0.717, 1.165) is 19.3 Å². The van der Waals surface area contributed by atoms with Crippen molar-refractivity contribution in [2.45, 2.75) is 57.1 Å². The van der Waals surface area contributed by atoms with Crippen LogP contribution in [0.5, 0.6) is 0 Å². The first kappa shape index (κ1) is 15.5. The van der Waals surface area contributed by atoms with E-state index in [1.807, 2.05) is 11.5 Å². The summed E-state index contributed by atoms with van der Waals surface area (Å²) in [6, 6.07) is -0.0840. The van der Waals surface area contributed by atoms with Crippen molar-refractivity contribution in [3.8, 4) is 0 Å². The van der Waals surface area contributed by atoms with Crippen molar-refractivity contribution < 1.29 is 13.5 Å². The highest BCUT2D eigenvalue weighted by atomic mass is 32.2. The highest BCUT2D eigenvalue weighted by Crippen LogP contribution is 2.29. The molecule has 0 amide bonds. The Morgan fingerprint density at radius 2 is 2.25 bits per heavy atom. The fourth-order valence-corrected chi connectivity index (χ4v) is 4.24. The van der Waals surface area contributed by atoms with Crippen molar-refractivity contribution >= 4 is 10.0 Å². The average Bonchev–Trinajstić information content (AvgIpc) is 2.97. The molecule has 2 atom stereocenters. The second-order valence-electron chi connectivity index (χ2n) is 5.34. The van der Waals surface area contributed by atoms with Crippen LogP contribution in [0.3, 0.4) is 0 Å². The summed E-state index contributed by atoms with van der Waals surface area (Å²) < 4.78 is 29.3. The van der Waals surface area contributed by atoms with Crippen LogP contribution in [0.4, 0.5) is 0 Å². The maximum Gasteiger partial charge on any atom is 0.259 e. The maximum atomic E-state index is 12.4. The Labute approximate surface area is 120 Å². The van der Waals surface area contributed by atoms with Gasteiger partial charge in [-0.05, 0) is 39.0 Å². The summed E-state index contributed by atoms with van der Waals surface area (Å²) in [6.07, 6.45) is 5.02. The number of aliphatic hydroxyl groups is 1. The first-order valence-electron chi connectivity index (χ1n) is 7.15. The molecule has 1 saturated carbocycles. The normalized spacial score (nSPS) is 23.4. The molecule has 0 saturated heterocycles. The molecule has 1 aliphatic carbocycles. The zero-order chi connectivity index (χ0) is 14.8. The Balaban J connectivity index is 2.14. The number of hydrogen-bond acceptors (Lipinski definition) is 4. The molecule has 1 aromatic rings. The Bertz CT molecular complexity index is 553. The van der Waals surface area contributed by atoms with Crippen molar-refractivity contribution in [2.75, 3.05) is 6.61 Å². The molecule has 2 rings (SSSR count). The minimum Gasteiger partial charge on any atom is -0.396 e. The van der Waals surface area contributed by atoms with Gasteiger partial charge >= 0.3 is 0 Å². The average molecular weight is 301 g/mol. The molecule has 0 bridgehead atoms. The predicted molar refractivity (Wildman–Crippen MR) is 75.8 cm³/mol. The Morgan fingerprint density at radius 3 is 2.85 bits per heavy atom. The van der Waals surface area contributed by atoms with Gasteiger partial charge in [0, 0.05) is 25.4 Å². The van der Waals surface area contributed by atoms with Crippen LogP contribution < -0.4 is 4.72 Å². The Kier molecular flexibility index (Phi) is 4.82. The lowest BCUT2D eigenvalue weighted by molar-refractivity contribution is 0.248. The van der Waals surface area contributed by atoms with Gasteiger partial charge in [0.05, 0.1) is 0 Å². The van der Waals surface area contributed by atoms with E-state index in [1.165, 1.54) is 0 Å².